The van der Waals surface area contributed by atoms with Crippen molar-refractivity contribution in [2.75, 3.05) is 18.0 Å². The molecule has 2 aliphatic heterocycles. The standard InChI is InChI=1S/C27H30F2N6O/c1-14-8-15(10-17(28)9-14)19-13-31-22-3-2-21(16-11-20(29)24-23(12-16)33-27(36)34-24)32-25(22)26(19)35-6-4-18(30)5-7-35/h2-3,8-10,13,16,18,20,23-24H,4-7,11-12,30H2,1H3,(H2,33,34,36). The molecule has 0 bridgehead atoms. The maximum atomic E-state index is 15.0. The highest BCUT2D eigenvalue weighted by Gasteiger charge is 2.44. The first-order valence-electron chi connectivity index (χ1n) is 12.6. The zero-order valence-electron chi connectivity index (χ0n) is 20.2. The molecule has 4 heterocycles. The summed E-state index contributed by atoms with van der Waals surface area (Å²) in [7, 11) is 0. The Bertz CT molecular complexity index is 1300. The lowest BCUT2D eigenvalue weighted by molar-refractivity contribution is 0.174. The van der Waals surface area contributed by atoms with Crippen LogP contribution < -0.4 is 21.3 Å². The van der Waals surface area contributed by atoms with Crippen LogP contribution in [0, 0.1) is 12.7 Å². The molecule has 2 amide bonds. The number of alkyl halides is 1. The highest BCUT2D eigenvalue weighted by atomic mass is 19.1. The first-order valence-corrected chi connectivity index (χ1v) is 12.6. The number of hydrogen-bond donors (Lipinski definition) is 3. The lowest BCUT2D eigenvalue weighted by atomic mass is 9.80. The summed E-state index contributed by atoms with van der Waals surface area (Å²) in [5.41, 5.74) is 11.8. The van der Waals surface area contributed by atoms with E-state index in [0.29, 0.717) is 12.8 Å². The third-order valence-electron chi connectivity index (χ3n) is 7.82. The zero-order chi connectivity index (χ0) is 25.0. The van der Waals surface area contributed by atoms with E-state index in [-0.39, 0.29) is 29.8 Å². The normalized spacial score (nSPS) is 26.6. The van der Waals surface area contributed by atoms with Gasteiger partial charge in [-0.3, -0.25) is 4.98 Å². The van der Waals surface area contributed by atoms with Crippen molar-refractivity contribution in [3.05, 3.63) is 53.6 Å². The number of rotatable bonds is 3. The van der Waals surface area contributed by atoms with Gasteiger partial charge >= 0.3 is 6.03 Å². The van der Waals surface area contributed by atoms with E-state index in [0.717, 1.165) is 65.0 Å². The van der Waals surface area contributed by atoms with E-state index < -0.39 is 12.2 Å². The summed E-state index contributed by atoms with van der Waals surface area (Å²) in [6.07, 6.45) is 3.27. The summed E-state index contributed by atoms with van der Waals surface area (Å²) in [5, 5.41) is 5.54. The van der Waals surface area contributed by atoms with E-state index in [4.69, 9.17) is 10.7 Å². The van der Waals surface area contributed by atoms with Crippen LogP contribution >= 0.6 is 0 Å². The number of pyridine rings is 2. The van der Waals surface area contributed by atoms with Gasteiger partial charge < -0.3 is 21.3 Å². The van der Waals surface area contributed by atoms with Crippen LogP contribution in [0.1, 0.15) is 42.9 Å². The average molecular weight is 493 g/mol. The Hall–Kier alpha value is -3.33. The van der Waals surface area contributed by atoms with Gasteiger partial charge in [-0.2, -0.15) is 0 Å². The number of halogens is 2. The third-order valence-corrected chi connectivity index (χ3v) is 7.82. The van der Waals surface area contributed by atoms with Crippen molar-refractivity contribution in [3.63, 3.8) is 0 Å². The summed E-state index contributed by atoms with van der Waals surface area (Å²) in [6.45, 7) is 3.41. The fourth-order valence-electron chi connectivity index (χ4n) is 6.00. The minimum absolute atomic E-state index is 0.131. The number of aryl methyl sites for hydroxylation is 1. The maximum absolute atomic E-state index is 15.0. The number of fused-ring (bicyclic) bond motifs is 2. The predicted octanol–water partition coefficient (Wildman–Crippen LogP) is 3.94. The smallest absolute Gasteiger partial charge is 0.315 e. The minimum Gasteiger partial charge on any atom is -0.369 e. The van der Waals surface area contributed by atoms with E-state index in [1.54, 1.807) is 6.20 Å². The highest BCUT2D eigenvalue weighted by Crippen LogP contribution is 2.40. The van der Waals surface area contributed by atoms with E-state index >= 15 is 0 Å². The number of amides is 2. The number of nitrogens with zero attached hydrogens (tertiary/aromatic N) is 3. The summed E-state index contributed by atoms with van der Waals surface area (Å²) in [6, 6.07) is 7.94. The molecule has 7 nitrogen and oxygen atoms in total. The molecule has 6 rings (SSSR count). The number of carbonyl (C=O) groups excluding carboxylic acids is 1. The Morgan fingerprint density at radius 1 is 1.11 bits per heavy atom. The van der Waals surface area contributed by atoms with Crippen molar-refractivity contribution in [2.45, 2.75) is 62.8 Å². The van der Waals surface area contributed by atoms with Crippen LogP contribution in [0.15, 0.2) is 36.5 Å². The van der Waals surface area contributed by atoms with E-state index in [1.807, 2.05) is 25.1 Å². The lowest BCUT2D eigenvalue weighted by Gasteiger charge is -2.35. The van der Waals surface area contributed by atoms with Crippen LogP contribution in [0.3, 0.4) is 0 Å². The second-order valence-corrected chi connectivity index (χ2v) is 10.4. The van der Waals surface area contributed by atoms with Crippen molar-refractivity contribution in [1.82, 2.24) is 20.6 Å². The maximum Gasteiger partial charge on any atom is 0.315 e. The predicted molar refractivity (Wildman–Crippen MR) is 135 cm³/mol. The number of nitrogens with two attached hydrogens (primary N) is 1. The summed E-state index contributed by atoms with van der Waals surface area (Å²) < 4.78 is 29.4. The average Bonchev–Trinajstić information content (AvgIpc) is 3.24. The van der Waals surface area contributed by atoms with Gasteiger partial charge in [0, 0.05) is 42.5 Å². The largest absolute Gasteiger partial charge is 0.369 e. The van der Waals surface area contributed by atoms with Gasteiger partial charge in [-0.05, 0) is 68.0 Å². The number of urea groups is 1. The van der Waals surface area contributed by atoms with E-state index in [9.17, 15) is 13.6 Å². The molecule has 4 unspecified atom stereocenters. The van der Waals surface area contributed by atoms with Gasteiger partial charge in [0.2, 0.25) is 0 Å². The molecule has 4 atom stereocenters. The molecule has 2 saturated heterocycles. The van der Waals surface area contributed by atoms with Gasteiger partial charge in [-0.25, -0.2) is 18.6 Å². The first-order chi connectivity index (χ1) is 17.4. The fourth-order valence-corrected chi connectivity index (χ4v) is 6.00. The molecule has 0 spiro atoms. The van der Waals surface area contributed by atoms with Crippen molar-refractivity contribution < 1.29 is 13.6 Å². The second-order valence-electron chi connectivity index (χ2n) is 10.4. The lowest BCUT2D eigenvalue weighted by Crippen LogP contribution is -2.46. The Kier molecular flexibility index (Phi) is 5.75. The summed E-state index contributed by atoms with van der Waals surface area (Å²) >= 11 is 0. The minimum atomic E-state index is -1.15. The molecule has 1 aliphatic carbocycles. The van der Waals surface area contributed by atoms with Crippen LogP contribution in [0.25, 0.3) is 22.2 Å². The molecular weight excluding hydrogens is 462 g/mol. The van der Waals surface area contributed by atoms with Gasteiger partial charge in [-0.1, -0.05) is 6.07 Å². The van der Waals surface area contributed by atoms with E-state index in [1.165, 1.54) is 12.1 Å². The van der Waals surface area contributed by atoms with Gasteiger partial charge in [0.1, 0.15) is 17.5 Å². The zero-order valence-corrected chi connectivity index (χ0v) is 20.2. The SMILES string of the molecule is Cc1cc(F)cc(-c2cnc3ccc(C4CC(F)C5NC(=O)NC5C4)nc3c2N2CCC(N)CC2)c1. The second kappa shape index (κ2) is 8.96. The molecule has 36 heavy (non-hydrogen) atoms. The number of anilines is 1. The molecule has 188 valence electrons. The highest BCUT2D eigenvalue weighted by molar-refractivity contribution is 5.97. The molecule has 1 aromatic carbocycles. The third kappa shape index (κ3) is 4.15. The number of benzene rings is 1. The van der Waals surface area contributed by atoms with Gasteiger partial charge in [0.15, 0.2) is 0 Å². The van der Waals surface area contributed by atoms with Crippen molar-refractivity contribution >= 4 is 22.8 Å². The number of piperidine rings is 1. The van der Waals surface area contributed by atoms with Crippen LogP contribution in [-0.4, -0.2) is 53.4 Å². The van der Waals surface area contributed by atoms with Crippen molar-refractivity contribution in [2.24, 2.45) is 5.73 Å². The Balaban J connectivity index is 1.46. The number of nitrogens with one attached hydrogen (secondary N) is 2. The molecular formula is C27H30F2N6O. The molecule has 9 heteroatoms. The molecule has 3 fully saturated rings. The number of carbonyl (C=O) groups is 1. The van der Waals surface area contributed by atoms with Crippen LogP contribution in [0.2, 0.25) is 0 Å². The monoisotopic (exact) mass is 492 g/mol. The molecule has 3 aromatic rings. The first kappa shape index (κ1) is 23.1. The Morgan fingerprint density at radius 3 is 2.69 bits per heavy atom. The summed E-state index contributed by atoms with van der Waals surface area (Å²) in [5.74, 6) is -0.426. The Labute approximate surface area is 208 Å². The van der Waals surface area contributed by atoms with Gasteiger partial charge in [-0.15, -0.1) is 0 Å². The fraction of sp³-hybridized carbons (Fsp3) is 0.444. The van der Waals surface area contributed by atoms with Gasteiger partial charge in [0.25, 0.3) is 0 Å². The van der Waals surface area contributed by atoms with E-state index in [2.05, 4.69) is 20.5 Å². The Morgan fingerprint density at radius 2 is 1.92 bits per heavy atom. The van der Waals surface area contributed by atoms with Crippen LogP contribution in [0.5, 0.6) is 0 Å². The molecule has 3 aliphatic rings. The van der Waals surface area contributed by atoms with Crippen LogP contribution in [-0.2, 0) is 0 Å². The number of hydrogen-bond acceptors (Lipinski definition) is 5. The number of aromatic nitrogens is 2. The molecule has 1 saturated carbocycles. The van der Waals surface area contributed by atoms with Crippen molar-refractivity contribution in [3.8, 4) is 11.1 Å². The molecule has 0 radical (unpaired) electrons. The molecule has 4 N–H and O–H groups in total. The summed E-state index contributed by atoms with van der Waals surface area (Å²) in [4.78, 5) is 23.8. The van der Waals surface area contributed by atoms with Crippen LogP contribution in [0.4, 0.5) is 19.3 Å². The van der Waals surface area contributed by atoms with Crippen molar-refractivity contribution in [1.29, 1.82) is 0 Å². The molecule has 2 aromatic heterocycles. The topological polar surface area (TPSA) is 96.2 Å². The van der Waals surface area contributed by atoms with Gasteiger partial charge in [0.05, 0.1) is 23.3 Å². The quantitative estimate of drug-likeness (QED) is 0.515.